The Morgan fingerprint density at radius 3 is 2.73 bits per heavy atom. The molecule has 0 aliphatic rings. The van der Waals surface area contributed by atoms with E-state index in [1.165, 1.54) is 13.2 Å². The van der Waals surface area contributed by atoms with Crippen LogP contribution in [0.3, 0.4) is 0 Å². The van der Waals surface area contributed by atoms with Crippen molar-refractivity contribution in [3.63, 3.8) is 0 Å². The number of esters is 1. The molecule has 15 heavy (non-hydrogen) atoms. The van der Waals surface area contributed by atoms with Crippen molar-refractivity contribution in [1.82, 2.24) is 0 Å². The van der Waals surface area contributed by atoms with Crippen LogP contribution in [0.25, 0.3) is 10.8 Å². The van der Waals surface area contributed by atoms with Crippen LogP contribution >= 0.6 is 0 Å². The molecular formula is C12H10O3. The lowest BCUT2D eigenvalue weighted by molar-refractivity contribution is 0.0600. The molecule has 0 unspecified atom stereocenters. The second-order valence-electron chi connectivity index (χ2n) is 3.21. The Kier molecular flexibility index (Phi) is 2.29. The van der Waals surface area contributed by atoms with Crippen molar-refractivity contribution in [3.05, 3.63) is 42.0 Å². The lowest BCUT2D eigenvalue weighted by Crippen LogP contribution is -2.00. The molecule has 0 saturated carbocycles. The summed E-state index contributed by atoms with van der Waals surface area (Å²) >= 11 is 0. The van der Waals surface area contributed by atoms with Crippen LogP contribution in [-0.4, -0.2) is 18.2 Å². The Morgan fingerprint density at radius 2 is 2.00 bits per heavy atom. The largest absolute Gasteiger partial charge is 0.507 e. The number of ether oxygens (including phenoxy) is 1. The number of phenols is 1. The predicted molar refractivity (Wildman–Crippen MR) is 57.0 cm³/mol. The van der Waals surface area contributed by atoms with Crippen LogP contribution in [0.15, 0.2) is 36.4 Å². The number of phenolic OH excluding ortho intramolecular Hbond substituents is 1. The number of hydrogen-bond donors (Lipinski definition) is 1. The van der Waals surface area contributed by atoms with Crippen LogP contribution in [0.4, 0.5) is 0 Å². The number of carbonyl (C=O) groups is 1. The summed E-state index contributed by atoms with van der Waals surface area (Å²) in [6.07, 6.45) is 0. The minimum Gasteiger partial charge on any atom is -0.507 e. The highest BCUT2D eigenvalue weighted by Crippen LogP contribution is 2.26. The fourth-order valence-corrected chi connectivity index (χ4v) is 1.53. The third kappa shape index (κ3) is 1.64. The molecule has 1 N–H and O–H groups in total. The standard InChI is InChI=1S/C12H10O3/c1-15-12(14)9-6-8-4-2-3-5-10(8)11(13)7-9/h2-7,13H,1H3. The quantitative estimate of drug-likeness (QED) is 0.722. The third-order valence-electron chi connectivity index (χ3n) is 2.26. The first kappa shape index (κ1) is 9.52. The summed E-state index contributed by atoms with van der Waals surface area (Å²) in [5.74, 6) is -0.357. The second-order valence-corrected chi connectivity index (χ2v) is 3.21. The van der Waals surface area contributed by atoms with Gasteiger partial charge in [0.1, 0.15) is 5.75 Å². The fraction of sp³-hybridized carbons (Fsp3) is 0.0833. The average molecular weight is 202 g/mol. The molecule has 0 radical (unpaired) electrons. The number of fused-ring (bicyclic) bond motifs is 1. The smallest absolute Gasteiger partial charge is 0.338 e. The van der Waals surface area contributed by atoms with Gasteiger partial charge in [0, 0.05) is 5.39 Å². The van der Waals surface area contributed by atoms with Crippen LogP contribution in [-0.2, 0) is 4.74 Å². The predicted octanol–water partition coefficient (Wildman–Crippen LogP) is 2.33. The van der Waals surface area contributed by atoms with Gasteiger partial charge in [-0.3, -0.25) is 0 Å². The number of carbonyl (C=O) groups excluding carboxylic acids is 1. The van der Waals surface area contributed by atoms with Gasteiger partial charge < -0.3 is 9.84 Å². The lowest BCUT2D eigenvalue weighted by atomic mass is 10.1. The zero-order chi connectivity index (χ0) is 10.8. The Labute approximate surface area is 86.9 Å². The van der Waals surface area contributed by atoms with Gasteiger partial charge in [-0.2, -0.15) is 0 Å². The Hall–Kier alpha value is -2.03. The first-order valence-electron chi connectivity index (χ1n) is 4.52. The summed E-state index contributed by atoms with van der Waals surface area (Å²) in [7, 11) is 1.31. The number of aromatic hydroxyl groups is 1. The second kappa shape index (κ2) is 3.61. The van der Waals surface area contributed by atoms with E-state index < -0.39 is 5.97 Å². The maximum atomic E-state index is 11.3. The Balaban J connectivity index is 2.67. The highest BCUT2D eigenvalue weighted by Gasteiger charge is 2.09. The van der Waals surface area contributed by atoms with Gasteiger partial charge in [-0.25, -0.2) is 4.79 Å². The molecule has 0 saturated heterocycles. The molecule has 0 amide bonds. The number of hydrogen-bond acceptors (Lipinski definition) is 3. The van der Waals surface area contributed by atoms with E-state index in [2.05, 4.69) is 4.74 Å². The van der Waals surface area contributed by atoms with Gasteiger partial charge in [-0.05, 0) is 17.5 Å². The average Bonchev–Trinajstić information content (AvgIpc) is 2.28. The molecule has 2 aromatic carbocycles. The van der Waals surface area contributed by atoms with Crippen molar-refractivity contribution in [2.45, 2.75) is 0 Å². The zero-order valence-corrected chi connectivity index (χ0v) is 8.23. The highest BCUT2D eigenvalue weighted by molar-refractivity contribution is 5.98. The molecule has 3 heteroatoms. The monoisotopic (exact) mass is 202 g/mol. The molecule has 0 atom stereocenters. The van der Waals surface area contributed by atoms with Crippen molar-refractivity contribution >= 4 is 16.7 Å². The molecule has 0 spiro atoms. The van der Waals surface area contributed by atoms with E-state index in [1.807, 2.05) is 18.2 Å². The SMILES string of the molecule is COC(=O)c1cc(O)c2ccccc2c1. The summed E-state index contributed by atoms with van der Waals surface area (Å²) < 4.78 is 4.59. The van der Waals surface area contributed by atoms with Crippen LogP contribution in [0, 0.1) is 0 Å². The molecule has 0 bridgehead atoms. The van der Waals surface area contributed by atoms with Gasteiger partial charge in [0.2, 0.25) is 0 Å². The molecule has 0 aromatic heterocycles. The minimum atomic E-state index is -0.448. The molecule has 76 valence electrons. The minimum absolute atomic E-state index is 0.0912. The Bertz CT molecular complexity index is 517. The topological polar surface area (TPSA) is 46.5 Å². The molecule has 2 aromatic rings. The van der Waals surface area contributed by atoms with Gasteiger partial charge in [0.25, 0.3) is 0 Å². The highest BCUT2D eigenvalue weighted by atomic mass is 16.5. The number of benzene rings is 2. The summed E-state index contributed by atoms with van der Waals surface area (Å²) in [5.41, 5.74) is 0.355. The first-order chi connectivity index (χ1) is 7.22. The molecule has 0 heterocycles. The van der Waals surface area contributed by atoms with E-state index in [1.54, 1.807) is 12.1 Å². The summed E-state index contributed by atoms with van der Waals surface area (Å²) in [4.78, 5) is 11.3. The van der Waals surface area contributed by atoms with Crippen molar-refractivity contribution < 1.29 is 14.6 Å². The van der Waals surface area contributed by atoms with Gasteiger partial charge in [0.05, 0.1) is 12.7 Å². The van der Waals surface area contributed by atoms with E-state index in [-0.39, 0.29) is 5.75 Å². The normalized spacial score (nSPS) is 10.2. The molecular weight excluding hydrogens is 192 g/mol. The molecule has 0 aliphatic carbocycles. The van der Waals surface area contributed by atoms with E-state index in [9.17, 15) is 9.90 Å². The first-order valence-corrected chi connectivity index (χ1v) is 4.52. The third-order valence-corrected chi connectivity index (χ3v) is 2.26. The van der Waals surface area contributed by atoms with Crippen molar-refractivity contribution in [2.24, 2.45) is 0 Å². The van der Waals surface area contributed by atoms with Gasteiger partial charge in [-0.1, -0.05) is 24.3 Å². The van der Waals surface area contributed by atoms with E-state index in [4.69, 9.17) is 0 Å². The van der Waals surface area contributed by atoms with E-state index in [0.29, 0.717) is 5.56 Å². The fourth-order valence-electron chi connectivity index (χ4n) is 1.53. The van der Waals surface area contributed by atoms with Gasteiger partial charge in [-0.15, -0.1) is 0 Å². The summed E-state index contributed by atoms with van der Waals surface area (Å²) in [5, 5.41) is 11.2. The van der Waals surface area contributed by atoms with Crippen molar-refractivity contribution in [2.75, 3.05) is 7.11 Å². The van der Waals surface area contributed by atoms with Crippen molar-refractivity contribution in [3.8, 4) is 5.75 Å². The number of rotatable bonds is 1. The molecule has 0 fully saturated rings. The van der Waals surface area contributed by atoms with Gasteiger partial charge in [0.15, 0.2) is 0 Å². The van der Waals surface area contributed by atoms with E-state index in [0.717, 1.165) is 10.8 Å². The van der Waals surface area contributed by atoms with Crippen LogP contribution in [0.2, 0.25) is 0 Å². The van der Waals surface area contributed by atoms with Crippen LogP contribution in [0.5, 0.6) is 5.75 Å². The maximum Gasteiger partial charge on any atom is 0.338 e. The van der Waals surface area contributed by atoms with E-state index >= 15 is 0 Å². The Morgan fingerprint density at radius 1 is 1.27 bits per heavy atom. The molecule has 2 rings (SSSR count). The van der Waals surface area contributed by atoms with Gasteiger partial charge >= 0.3 is 5.97 Å². The van der Waals surface area contributed by atoms with Crippen LogP contribution in [0.1, 0.15) is 10.4 Å². The lowest BCUT2D eigenvalue weighted by Gasteiger charge is -2.04. The molecule has 0 aliphatic heterocycles. The maximum absolute atomic E-state index is 11.3. The summed E-state index contributed by atoms with van der Waals surface area (Å²) in [6, 6.07) is 10.4. The van der Waals surface area contributed by atoms with Crippen molar-refractivity contribution in [1.29, 1.82) is 0 Å². The number of methoxy groups -OCH3 is 1. The molecule has 3 nitrogen and oxygen atoms in total. The zero-order valence-electron chi connectivity index (χ0n) is 8.23. The van der Waals surface area contributed by atoms with Crippen LogP contribution < -0.4 is 0 Å². The summed E-state index contributed by atoms with van der Waals surface area (Å²) in [6.45, 7) is 0.